The molecule has 0 heterocycles. The van der Waals surface area contributed by atoms with Crippen LogP contribution in [-0.2, 0) is 4.79 Å². The zero-order chi connectivity index (χ0) is 16.8. The molecule has 0 saturated carbocycles. The summed E-state index contributed by atoms with van der Waals surface area (Å²) in [6.45, 7) is 3.67. The molecule has 6 heteroatoms. The van der Waals surface area contributed by atoms with Gasteiger partial charge in [-0.15, -0.1) is 0 Å². The molecule has 0 aliphatic carbocycles. The molecule has 0 unspecified atom stereocenters. The topological polar surface area (TPSA) is 70.2 Å². The van der Waals surface area contributed by atoms with Gasteiger partial charge in [-0.3, -0.25) is 4.79 Å². The normalized spacial score (nSPS) is 10.0. The Hall–Kier alpha value is -2.53. The molecule has 3 amide bonds. The van der Waals surface area contributed by atoms with Crippen LogP contribution in [0.4, 0.5) is 21.9 Å². The van der Waals surface area contributed by atoms with Crippen LogP contribution >= 0.6 is 11.6 Å². The third-order valence-corrected chi connectivity index (χ3v) is 3.41. The molecule has 0 radical (unpaired) electrons. The van der Waals surface area contributed by atoms with Crippen LogP contribution < -0.4 is 16.0 Å². The van der Waals surface area contributed by atoms with Crippen LogP contribution in [0.25, 0.3) is 0 Å². The van der Waals surface area contributed by atoms with Gasteiger partial charge in [0.15, 0.2) is 0 Å². The number of carbonyl (C=O) groups excluding carboxylic acids is 2. The lowest BCUT2D eigenvalue weighted by Crippen LogP contribution is -2.19. The highest BCUT2D eigenvalue weighted by atomic mass is 35.5. The maximum absolute atomic E-state index is 12.0. The highest BCUT2D eigenvalue weighted by molar-refractivity contribution is 6.30. The fraction of sp³-hybridized carbons (Fsp3) is 0.176. The summed E-state index contributed by atoms with van der Waals surface area (Å²) in [6, 6.07) is 11.8. The molecule has 0 aromatic heterocycles. The number of nitrogens with one attached hydrogen (secondary N) is 3. The molecule has 2 aromatic carbocycles. The molecule has 2 rings (SSSR count). The van der Waals surface area contributed by atoms with Crippen LogP contribution in [0.2, 0.25) is 5.02 Å². The van der Waals surface area contributed by atoms with Crippen molar-refractivity contribution in [3.63, 3.8) is 0 Å². The fourth-order valence-electron chi connectivity index (χ4n) is 1.93. The third kappa shape index (κ3) is 5.00. The first-order valence-electron chi connectivity index (χ1n) is 7.22. The van der Waals surface area contributed by atoms with Crippen molar-refractivity contribution >= 4 is 40.6 Å². The molecule has 0 saturated heterocycles. The Morgan fingerprint density at radius 3 is 2.35 bits per heavy atom. The minimum Gasteiger partial charge on any atom is -0.326 e. The first-order chi connectivity index (χ1) is 11.0. The van der Waals surface area contributed by atoms with Crippen molar-refractivity contribution in [2.45, 2.75) is 20.3 Å². The molecule has 0 spiro atoms. The van der Waals surface area contributed by atoms with E-state index >= 15 is 0 Å². The van der Waals surface area contributed by atoms with E-state index in [1.54, 1.807) is 43.3 Å². The number of rotatable bonds is 4. The number of hydrogen-bond donors (Lipinski definition) is 3. The van der Waals surface area contributed by atoms with Crippen molar-refractivity contribution in [3.05, 3.63) is 53.1 Å². The lowest BCUT2D eigenvalue weighted by molar-refractivity contribution is -0.115. The van der Waals surface area contributed by atoms with Gasteiger partial charge < -0.3 is 16.0 Å². The summed E-state index contributed by atoms with van der Waals surface area (Å²) in [5, 5.41) is 8.77. The van der Waals surface area contributed by atoms with E-state index in [9.17, 15) is 9.59 Å². The highest BCUT2D eigenvalue weighted by Crippen LogP contribution is 2.21. The van der Waals surface area contributed by atoms with Gasteiger partial charge in [0, 0.05) is 28.5 Å². The molecule has 0 fully saturated rings. The van der Waals surface area contributed by atoms with Gasteiger partial charge in [0.2, 0.25) is 5.91 Å². The van der Waals surface area contributed by atoms with Gasteiger partial charge in [-0.2, -0.15) is 0 Å². The van der Waals surface area contributed by atoms with Crippen LogP contribution in [0.15, 0.2) is 42.5 Å². The van der Waals surface area contributed by atoms with E-state index in [1.807, 2.05) is 13.0 Å². The number of amides is 3. The Kier molecular flexibility index (Phi) is 5.60. The number of aryl methyl sites for hydroxylation is 1. The van der Waals surface area contributed by atoms with Crippen LogP contribution in [0, 0.1) is 6.92 Å². The van der Waals surface area contributed by atoms with Crippen molar-refractivity contribution < 1.29 is 9.59 Å². The number of carbonyl (C=O) groups is 2. The highest BCUT2D eigenvalue weighted by Gasteiger charge is 2.07. The van der Waals surface area contributed by atoms with Crippen molar-refractivity contribution in [2.75, 3.05) is 16.0 Å². The zero-order valence-electron chi connectivity index (χ0n) is 12.9. The molecule has 0 atom stereocenters. The van der Waals surface area contributed by atoms with Crippen LogP contribution in [0.1, 0.15) is 18.9 Å². The zero-order valence-corrected chi connectivity index (χ0v) is 13.7. The van der Waals surface area contributed by atoms with E-state index < -0.39 is 0 Å². The molecule has 0 aliphatic rings. The van der Waals surface area contributed by atoms with Gasteiger partial charge in [0.05, 0.1) is 0 Å². The van der Waals surface area contributed by atoms with E-state index in [4.69, 9.17) is 11.6 Å². The molecule has 120 valence electrons. The van der Waals surface area contributed by atoms with Crippen LogP contribution in [-0.4, -0.2) is 11.9 Å². The van der Waals surface area contributed by atoms with E-state index in [2.05, 4.69) is 16.0 Å². The molecule has 3 N–H and O–H groups in total. The number of benzene rings is 2. The molecule has 23 heavy (non-hydrogen) atoms. The molecular weight excluding hydrogens is 314 g/mol. The van der Waals surface area contributed by atoms with E-state index in [0.29, 0.717) is 28.5 Å². The molecule has 0 bridgehead atoms. The van der Waals surface area contributed by atoms with Gasteiger partial charge in [-0.1, -0.05) is 30.7 Å². The Bertz CT molecular complexity index is 732. The Labute approximate surface area is 140 Å². The summed E-state index contributed by atoms with van der Waals surface area (Å²) in [7, 11) is 0. The number of halogens is 1. The monoisotopic (exact) mass is 331 g/mol. The predicted octanol–water partition coefficient (Wildman–Crippen LogP) is 4.64. The largest absolute Gasteiger partial charge is 0.326 e. The lowest BCUT2D eigenvalue weighted by Gasteiger charge is -2.12. The summed E-state index contributed by atoms with van der Waals surface area (Å²) in [5.74, 6) is -0.0753. The number of urea groups is 1. The summed E-state index contributed by atoms with van der Waals surface area (Å²) in [4.78, 5) is 23.5. The Morgan fingerprint density at radius 2 is 1.70 bits per heavy atom. The maximum Gasteiger partial charge on any atom is 0.323 e. The quantitative estimate of drug-likeness (QED) is 0.763. The fourth-order valence-corrected chi connectivity index (χ4v) is 2.12. The van der Waals surface area contributed by atoms with Gasteiger partial charge in [0.25, 0.3) is 0 Å². The van der Waals surface area contributed by atoms with E-state index in [1.165, 1.54) is 0 Å². The van der Waals surface area contributed by atoms with Gasteiger partial charge in [-0.05, 0) is 42.8 Å². The van der Waals surface area contributed by atoms with E-state index in [0.717, 1.165) is 5.56 Å². The summed E-state index contributed by atoms with van der Waals surface area (Å²) in [6.07, 6.45) is 0.395. The molecule has 2 aromatic rings. The van der Waals surface area contributed by atoms with Crippen molar-refractivity contribution in [3.8, 4) is 0 Å². The number of hydrogen-bond acceptors (Lipinski definition) is 2. The molecule has 0 aliphatic heterocycles. The maximum atomic E-state index is 12.0. The minimum absolute atomic E-state index is 0.0753. The Morgan fingerprint density at radius 1 is 1.00 bits per heavy atom. The molecular formula is C17H18ClN3O2. The first-order valence-corrected chi connectivity index (χ1v) is 7.60. The summed E-state index contributed by atoms with van der Waals surface area (Å²) < 4.78 is 0. The van der Waals surface area contributed by atoms with Gasteiger partial charge in [-0.25, -0.2) is 4.79 Å². The van der Waals surface area contributed by atoms with Gasteiger partial charge in [0.1, 0.15) is 0 Å². The second-order valence-electron chi connectivity index (χ2n) is 5.02. The second kappa shape index (κ2) is 7.65. The summed E-state index contributed by atoms with van der Waals surface area (Å²) >= 11 is 5.88. The van der Waals surface area contributed by atoms with Crippen molar-refractivity contribution in [1.29, 1.82) is 0 Å². The van der Waals surface area contributed by atoms with Crippen LogP contribution in [0.5, 0.6) is 0 Å². The SMILES string of the molecule is CCC(=O)Nc1cc(NC(=O)Nc2cccc(Cl)c2)ccc1C. The van der Waals surface area contributed by atoms with Gasteiger partial charge >= 0.3 is 6.03 Å². The minimum atomic E-state index is -0.385. The van der Waals surface area contributed by atoms with Crippen molar-refractivity contribution in [1.82, 2.24) is 0 Å². The van der Waals surface area contributed by atoms with Crippen LogP contribution in [0.3, 0.4) is 0 Å². The summed E-state index contributed by atoms with van der Waals surface area (Å²) in [5.41, 5.74) is 2.79. The third-order valence-electron chi connectivity index (χ3n) is 3.17. The average Bonchev–Trinajstić information content (AvgIpc) is 2.50. The lowest BCUT2D eigenvalue weighted by atomic mass is 10.1. The Balaban J connectivity index is 2.06. The first kappa shape index (κ1) is 16.8. The van der Waals surface area contributed by atoms with E-state index in [-0.39, 0.29) is 11.9 Å². The smallest absolute Gasteiger partial charge is 0.323 e. The predicted molar refractivity (Wildman–Crippen MR) is 94.2 cm³/mol. The standard InChI is InChI=1S/C17H18ClN3O2/c1-3-16(22)21-15-10-14(8-7-11(15)2)20-17(23)19-13-6-4-5-12(18)9-13/h4-10H,3H2,1-2H3,(H,21,22)(H2,19,20,23). The molecule has 5 nitrogen and oxygen atoms in total. The second-order valence-corrected chi connectivity index (χ2v) is 5.46. The van der Waals surface area contributed by atoms with Crippen molar-refractivity contribution in [2.24, 2.45) is 0 Å². The average molecular weight is 332 g/mol. The number of anilines is 3.